The van der Waals surface area contributed by atoms with Crippen molar-refractivity contribution < 1.29 is 12.8 Å². The van der Waals surface area contributed by atoms with Crippen LogP contribution in [-0.4, -0.2) is 18.6 Å². The molecule has 19 heavy (non-hydrogen) atoms. The maximum atomic E-state index is 13.3. The van der Waals surface area contributed by atoms with Crippen LogP contribution in [0.4, 0.5) is 10.1 Å². The minimum absolute atomic E-state index is 0.00780. The standard InChI is InChI=1S/C11H13FN4O2S/c1-7-11(6-14-15-7)19(17,18)16-9-2-3-10(12)8(4-9)5-13/h2-4,6,16H,5,13H2,1H3,(H,14,15). The zero-order valence-corrected chi connectivity index (χ0v) is 11.0. The summed E-state index contributed by atoms with van der Waals surface area (Å²) in [6, 6.07) is 3.87. The van der Waals surface area contributed by atoms with Gasteiger partial charge in [-0.3, -0.25) is 9.82 Å². The average Bonchev–Trinajstić information content (AvgIpc) is 2.78. The van der Waals surface area contributed by atoms with Gasteiger partial charge < -0.3 is 5.73 Å². The van der Waals surface area contributed by atoms with Gasteiger partial charge in [-0.05, 0) is 25.1 Å². The Morgan fingerprint density at radius 1 is 1.47 bits per heavy atom. The minimum Gasteiger partial charge on any atom is -0.326 e. The molecule has 0 bridgehead atoms. The molecule has 0 amide bonds. The fourth-order valence-electron chi connectivity index (χ4n) is 1.62. The number of aromatic amines is 1. The molecule has 0 atom stereocenters. The number of halogens is 1. The molecule has 0 unspecified atom stereocenters. The molecular weight excluding hydrogens is 271 g/mol. The lowest BCUT2D eigenvalue weighted by atomic mass is 10.2. The van der Waals surface area contributed by atoms with Crippen molar-refractivity contribution in [1.29, 1.82) is 0 Å². The lowest BCUT2D eigenvalue weighted by Gasteiger charge is -2.09. The van der Waals surface area contributed by atoms with Gasteiger partial charge in [0.25, 0.3) is 10.0 Å². The van der Waals surface area contributed by atoms with E-state index in [0.717, 1.165) is 0 Å². The van der Waals surface area contributed by atoms with Crippen molar-refractivity contribution in [2.24, 2.45) is 5.73 Å². The molecule has 1 aromatic carbocycles. The van der Waals surface area contributed by atoms with E-state index < -0.39 is 15.8 Å². The number of nitrogens with one attached hydrogen (secondary N) is 2. The number of nitrogens with two attached hydrogens (primary N) is 1. The number of aromatic nitrogens is 2. The molecule has 1 heterocycles. The predicted octanol–water partition coefficient (Wildman–Crippen LogP) is 1.12. The van der Waals surface area contributed by atoms with Crippen molar-refractivity contribution in [3.63, 3.8) is 0 Å². The number of aryl methyl sites for hydroxylation is 1. The second-order valence-corrected chi connectivity index (χ2v) is 5.63. The molecular formula is C11H13FN4O2S. The molecule has 1 aromatic heterocycles. The first-order chi connectivity index (χ1) is 8.94. The van der Waals surface area contributed by atoms with E-state index in [0.29, 0.717) is 5.69 Å². The molecule has 102 valence electrons. The van der Waals surface area contributed by atoms with Crippen LogP contribution in [0.25, 0.3) is 0 Å². The zero-order chi connectivity index (χ0) is 14.0. The summed E-state index contributed by atoms with van der Waals surface area (Å²) >= 11 is 0. The highest BCUT2D eigenvalue weighted by Gasteiger charge is 2.19. The van der Waals surface area contributed by atoms with E-state index in [1.165, 1.54) is 24.4 Å². The molecule has 0 spiro atoms. The third-order valence-electron chi connectivity index (χ3n) is 2.59. The average molecular weight is 284 g/mol. The second kappa shape index (κ2) is 4.98. The Bertz CT molecular complexity index is 696. The van der Waals surface area contributed by atoms with E-state index in [-0.39, 0.29) is 22.7 Å². The van der Waals surface area contributed by atoms with E-state index in [9.17, 15) is 12.8 Å². The molecule has 6 nitrogen and oxygen atoms in total. The topological polar surface area (TPSA) is 101 Å². The summed E-state index contributed by atoms with van der Waals surface area (Å²) in [7, 11) is -3.75. The zero-order valence-electron chi connectivity index (χ0n) is 10.1. The highest BCUT2D eigenvalue weighted by molar-refractivity contribution is 7.92. The van der Waals surface area contributed by atoms with Crippen LogP contribution in [0.5, 0.6) is 0 Å². The first-order valence-corrected chi connectivity index (χ1v) is 6.93. The number of hydrogen-bond acceptors (Lipinski definition) is 4. The lowest BCUT2D eigenvalue weighted by molar-refractivity contribution is 0.600. The summed E-state index contributed by atoms with van der Waals surface area (Å²) in [5, 5.41) is 6.20. The van der Waals surface area contributed by atoms with Gasteiger partial charge in [0.1, 0.15) is 10.7 Å². The van der Waals surface area contributed by atoms with Crippen LogP contribution in [0.2, 0.25) is 0 Å². The fraction of sp³-hybridized carbons (Fsp3) is 0.182. The van der Waals surface area contributed by atoms with E-state index >= 15 is 0 Å². The van der Waals surface area contributed by atoms with Crippen LogP contribution < -0.4 is 10.5 Å². The van der Waals surface area contributed by atoms with E-state index in [1.54, 1.807) is 6.92 Å². The summed E-state index contributed by atoms with van der Waals surface area (Å²) < 4.78 is 39.8. The van der Waals surface area contributed by atoms with Gasteiger partial charge >= 0.3 is 0 Å². The van der Waals surface area contributed by atoms with Gasteiger partial charge in [-0.25, -0.2) is 12.8 Å². The van der Waals surface area contributed by atoms with Crippen molar-refractivity contribution >= 4 is 15.7 Å². The van der Waals surface area contributed by atoms with Crippen LogP contribution >= 0.6 is 0 Å². The van der Waals surface area contributed by atoms with Crippen molar-refractivity contribution in [3.8, 4) is 0 Å². The third kappa shape index (κ3) is 2.74. The first kappa shape index (κ1) is 13.5. The Labute approximate surface area is 109 Å². The predicted molar refractivity (Wildman–Crippen MR) is 68.4 cm³/mol. The molecule has 0 aliphatic carbocycles. The number of hydrogen-bond donors (Lipinski definition) is 3. The molecule has 4 N–H and O–H groups in total. The summed E-state index contributed by atoms with van der Waals surface area (Å²) in [6.45, 7) is 1.59. The van der Waals surface area contributed by atoms with Gasteiger partial charge in [0.05, 0.1) is 11.9 Å². The third-order valence-corrected chi connectivity index (χ3v) is 4.09. The number of anilines is 1. The SMILES string of the molecule is Cc1[nH]ncc1S(=O)(=O)Nc1ccc(F)c(CN)c1. The number of nitrogens with zero attached hydrogens (tertiary/aromatic N) is 1. The highest BCUT2D eigenvalue weighted by atomic mass is 32.2. The Hall–Kier alpha value is -1.93. The van der Waals surface area contributed by atoms with Gasteiger partial charge in [0, 0.05) is 17.8 Å². The van der Waals surface area contributed by atoms with Crippen molar-refractivity contribution in [2.45, 2.75) is 18.4 Å². The van der Waals surface area contributed by atoms with Gasteiger partial charge in [-0.2, -0.15) is 5.10 Å². The summed E-state index contributed by atoms with van der Waals surface area (Å²) in [6.07, 6.45) is 1.21. The largest absolute Gasteiger partial charge is 0.326 e. The van der Waals surface area contributed by atoms with E-state index in [2.05, 4.69) is 14.9 Å². The highest BCUT2D eigenvalue weighted by Crippen LogP contribution is 2.19. The second-order valence-electron chi connectivity index (χ2n) is 3.98. The molecule has 0 aliphatic rings. The number of rotatable bonds is 4. The Kier molecular flexibility index (Phi) is 3.54. The summed E-state index contributed by atoms with van der Waals surface area (Å²) in [5.41, 5.74) is 6.29. The van der Waals surface area contributed by atoms with E-state index in [4.69, 9.17) is 5.73 Å². The molecule has 8 heteroatoms. The molecule has 0 radical (unpaired) electrons. The first-order valence-electron chi connectivity index (χ1n) is 5.45. The fourth-order valence-corrected chi connectivity index (χ4v) is 2.80. The normalized spacial score (nSPS) is 11.5. The molecule has 2 rings (SSSR count). The number of benzene rings is 1. The molecule has 0 aliphatic heterocycles. The van der Waals surface area contributed by atoms with Crippen LogP contribution in [0.3, 0.4) is 0 Å². The smallest absolute Gasteiger partial charge is 0.265 e. The monoisotopic (exact) mass is 284 g/mol. The maximum Gasteiger partial charge on any atom is 0.265 e. The number of sulfonamides is 1. The maximum absolute atomic E-state index is 13.3. The Balaban J connectivity index is 2.34. The Morgan fingerprint density at radius 2 is 2.21 bits per heavy atom. The van der Waals surface area contributed by atoms with Crippen molar-refractivity contribution in [2.75, 3.05) is 4.72 Å². The van der Waals surface area contributed by atoms with Crippen LogP contribution in [0.1, 0.15) is 11.3 Å². The van der Waals surface area contributed by atoms with Crippen molar-refractivity contribution in [1.82, 2.24) is 10.2 Å². The van der Waals surface area contributed by atoms with Crippen LogP contribution in [-0.2, 0) is 16.6 Å². The van der Waals surface area contributed by atoms with Crippen LogP contribution in [0.15, 0.2) is 29.3 Å². The summed E-state index contributed by atoms with van der Waals surface area (Å²) in [5.74, 6) is -0.468. The molecule has 0 saturated carbocycles. The molecule has 2 aromatic rings. The summed E-state index contributed by atoms with van der Waals surface area (Å²) in [4.78, 5) is 0.0473. The van der Waals surface area contributed by atoms with Crippen molar-refractivity contribution in [3.05, 3.63) is 41.5 Å². The Morgan fingerprint density at radius 3 is 2.79 bits per heavy atom. The molecule has 0 fully saturated rings. The molecule has 0 saturated heterocycles. The van der Waals surface area contributed by atoms with Gasteiger partial charge in [0.15, 0.2) is 0 Å². The minimum atomic E-state index is -3.75. The lowest BCUT2D eigenvalue weighted by Crippen LogP contribution is -2.14. The quantitative estimate of drug-likeness (QED) is 0.783. The van der Waals surface area contributed by atoms with Crippen LogP contribution in [0, 0.1) is 12.7 Å². The van der Waals surface area contributed by atoms with Gasteiger partial charge in [0.2, 0.25) is 0 Å². The van der Waals surface area contributed by atoms with Gasteiger partial charge in [-0.1, -0.05) is 0 Å². The number of H-pyrrole nitrogens is 1. The van der Waals surface area contributed by atoms with E-state index in [1.807, 2.05) is 0 Å². The van der Waals surface area contributed by atoms with Gasteiger partial charge in [-0.15, -0.1) is 0 Å².